The fraction of sp³-hybridized carbons (Fsp3) is 0.481. The summed E-state index contributed by atoms with van der Waals surface area (Å²) >= 11 is 0. The largest absolute Gasteiger partial charge is 0.388 e. The van der Waals surface area contributed by atoms with Crippen LogP contribution in [0.25, 0.3) is 0 Å². The van der Waals surface area contributed by atoms with Gasteiger partial charge in [0.25, 0.3) is 11.8 Å². The molecule has 4 rings (SSSR count). The van der Waals surface area contributed by atoms with Crippen molar-refractivity contribution in [3.8, 4) is 0 Å². The highest BCUT2D eigenvalue weighted by atomic mass is 16.3. The smallest absolute Gasteiger partial charge is 0.254 e. The first-order valence-corrected chi connectivity index (χ1v) is 12.2. The molecular weight excluding hydrogens is 430 g/mol. The van der Waals surface area contributed by atoms with Gasteiger partial charge in [-0.3, -0.25) is 9.59 Å². The van der Waals surface area contributed by atoms with Crippen LogP contribution in [0.1, 0.15) is 64.4 Å². The standard InChI is InChI=1S/C27H35N3O4/c1-18(2)28-15-19-5-3-6-21(13-19)20-9-11-29(12-10-20)26(33)22-7-4-8-23(14-22)27(34)30-16-24(31)25(32)17-30/h3-8,13-14,18,20,24-25,28,31-32H,9-12,15-17H2,1-2H3/t24-,25+. The monoisotopic (exact) mass is 465 g/mol. The van der Waals surface area contributed by atoms with Gasteiger partial charge in [-0.25, -0.2) is 0 Å². The fourth-order valence-electron chi connectivity index (χ4n) is 4.78. The molecule has 0 unspecified atom stereocenters. The van der Waals surface area contributed by atoms with Gasteiger partial charge in [0.15, 0.2) is 0 Å². The molecule has 7 heteroatoms. The Balaban J connectivity index is 1.36. The van der Waals surface area contributed by atoms with Gasteiger partial charge in [0.05, 0.1) is 12.2 Å². The van der Waals surface area contributed by atoms with Gasteiger partial charge in [-0.05, 0) is 48.1 Å². The summed E-state index contributed by atoms with van der Waals surface area (Å²) in [6, 6.07) is 15.9. The van der Waals surface area contributed by atoms with E-state index in [4.69, 9.17) is 0 Å². The van der Waals surface area contributed by atoms with Crippen molar-refractivity contribution in [3.05, 3.63) is 70.8 Å². The zero-order chi connectivity index (χ0) is 24.2. The number of aliphatic hydroxyl groups excluding tert-OH is 2. The molecule has 0 spiro atoms. The number of nitrogens with one attached hydrogen (secondary N) is 1. The molecule has 2 aromatic rings. The zero-order valence-corrected chi connectivity index (χ0v) is 20.0. The lowest BCUT2D eigenvalue weighted by molar-refractivity contribution is 0.0572. The third kappa shape index (κ3) is 5.66. The number of carbonyl (C=O) groups is 2. The SMILES string of the molecule is CC(C)NCc1cccc(C2CCN(C(=O)c3cccc(C(=O)N4C[C@@H](O)[C@@H](O)C4)c3)CC2)c1. The van der Waals surface area contributed by atoms with E-state index in [1.54, 1.807) is 24.3 Å². The Labute approximate surface area is 201 Å². The average Bonchev–Trinajstić information content (AvgIpc) is 3.20. The molecule has 0 saturated carbocycles. The van der Waals surface area contributed by atoms with E-state index >= 15 is 0 Å². The molecule has 0 aliphatic carbocycles. The summed E-state index contributed by atoms with van der Waals surface area (Å²) in [6.07, 6.45) is -0.0336. The Bertz CT molecular complexity index is 1010. The van der Waals surface area contributed by atoms with Gasteiger partial charge in [-0.1, -0.05) is 44.2 Å². The van der Waals surface area contributed by atoms with Crippen LogP contribution in [0.4, 0.5) is 0 Å². The van der Waals surface area contributed by atoms with E-state index in [1.807, 2.05) is 4.90 Å². The Morgan fingerprint density at radius 1 is 0.912 bits per heavy atom. The molecule has 2 fully saturated rings. The minimum Gasteiger partial charge on any atom is -0.388 e. The molecule has 182 valence electrons. The molecule has 2 amide bonds. The highest BCUT2D eigenvalue weighted by Crippen LogP contribution is 2.29. The number of amides is 2. The molecule has 2 saturated heterocycles. The normalized spacial score (nSPS) is 21.3. The number of hydrogen-bond donors (Lipinski definition) is 3. The van der Waals surface area contributed by atoms with Crippen molar-refractivity contribution in [2.45, 2.75) is 57.4 Å². The van der Waals surface area contributed by atoms with Gasteiger partial charge in [0.2, 0.25) is 0 Å². The van der Waals surface area contributed by atoms with E-state index in [2.05, 4.69) is 43.4 Å². The summed E-state index contributed by atoms with van der Waals surface area (Å²) in [7, 11) is 0. The van der Waals surface area contributed by atoms with Gasteiger partial charge in [0, 0.05) is 49.9 Å². The third-order valence-corrected chi connectivity index (χ3v) is 6.82. The maximum Gasteiger partial charge on any atom is 0.254 e. The fourth-order valence-corrected chi connectivity index (χ4v) is 4.78. The van der Waals surface area contributed by atoms with E-state index in [0.29, 0.717) is 36.2 Å². The Morgan fingerprint density at radius 2 is 1.50 bits per heavy atom. The van der Waals surface area contributed by atoms with Crippen molar-refractivity contribution in [2.75, 3.05) is 26.2 Å². The van der Waals surface area contributed by atoms with Crippen molar-refractivity contribution in [1.82, 2.24) is 15.1 Å². The topological polar surface area (TPSA) is 93.1 Å². The summed E-state index contributed by atoms with van der Waals surface area (Å²) in [5, 5.41) is 22.9. The van der Waals surface area contributed by atoms with Crippen LogP contribution in [-0.2, 0) is 6.54 Å². The summed E-state index contributed by atoms with van der Waals surface area (Å²) in [5.41, 5.74) is 3.50. The van der Waals surface area contributed by atoms with Gasteiger partial charge < -0.3 is 25.3 Å². The van der Waals surface area contributed by atoms with Crippen molar-refractivity contribution in [1.29, 1.82) is 0 Å². The second-order valence-electron chi connectivity index (χ2n) is 9.77. The van der Waals surface area contributed by atoms with Crippen LogP contribution in [0.3, 0.4) is 0 Å². The average molecular weight is 466 g/mol. The van der Waals surface area contributed by atoms with E-state index in [0.717, 1.165) is 19.4 Å². The Hall–Kier alpha value is -2.74. The number of β-amino-alcohol motifs (C(OH)–C–C–N with tert-alkyl or cyclic N) is 2. The lowest BCUT2D eigenvalue weighted by Gasteiger charge is -2.32. The first kappa shape index (κ1) is 24.4. The van der Waals surface area contributed by atoms with Gasteiger partial charge in [0.1, 0.15) is 0 Å². The first-order valence-electron chi connectivity index (χ1n) is 12.2. The number of benzene rings is 2. The molecule has 2 heterocycles. The Morgan fingerprint density at radius 3 is 2.12 bits per heavy atom. The third-order valence-electron chi connectivity index (χ3n) is 6.82. The molecule has 3 N–H and O–H groups in total. The number of rotatable bonds is 6. The van der Waals surface area contributed by atoms with E-state index in [9.17, 15) is 19.8 Å². The lowest BCUT2D eigenvalue weighted by Crippen LogP contribution is -2.38. The van der Waals surface area contributed by atoms with Crippen LogP contribution in [0.15, 0.2) is 48.5 Å². The molecular formula is C27H35N3O4. The molecule has 0 radical (unpaired) electrons. The van der Waals surface area contributed by atoms with Crippen molar-refractivity contribution < 1.29 is 19.8 Å². The molecule has 0 bridgehead atoms. The van der Waals surface area contributed by atoms with Crippen LogP contribution in [0.2, 0.25) is 0 Å². The lowest BCUT2D eigenvalue weighted by atomic mass is 9.88. The molecule has 2 aliphatic rings. The molecule has 0 aromatic heterocycles. The minimum absolute atomic E-state index is 0.0653. The highest BCUT2D eigenvalue weighted by molar-refractivity contribution is 5.99. The molecule has 2 atom stereocenters. The number of aliphatic hydroxyl groups is 2. The van der Waals surface area contributed by atoms with Gasteiger partial charge >= 0.3 is 0 Å². The number of nitrogens with zero attached hydrogens (tertiary/aromatic N) is 2. The highest BCUT2D eigenvalue weighted by Gasteiger charge is 2.33. The van der Waals surface area contributed by atoms with Crippen molar-refractivity contribution in [2.24, 2.45) is 0 Å². The quantitative estimate of drug-likeness (QED) is 0.609. The number of piperidine rings is 1. The summed E-state index contributed by atoms with van der Waals surface area (Å²) < 4.78 is 0. The molecule has 7 nitrogen and oxygen atoms in total. The van der Waals surface area contributed by atoms with Crippen molar-refractivity contribution in [3.63, 3.8) is 0 Å². The maximum atomic E-state index is 13.2. The van der Waals surface area contributed by atoms with Crippen LogP contribution >= 0.6 is 0 Å². The van der Waals surface area contributed by atoms with Gasteiger partial charge in [-0.2, -0.15) is 0 Å². The van der Waals surface area contributed by atoms with Crippen molar-refractivity contribution >= 4 is 11.8 Å². The van der Waals surface area contributed by atoms with E-state index < -0.39 is 12.2 Å². The van der Waals surface area contributed by atoms with Crippen LogP contribution in [-0.4, -0.2) is 76.3 Å². The first-order chi connectivity index (χ1) is 16.3. The van der Waals surface area contributed by atoms with E-state index in [1.165, 1.54) is 16.0 Å². The summed E-state index contributed by atoms with van der Waals surface area (Å²) in [5.74, 6) is 0.0873. The predicted molar refractivity (Wildman–Crippen MR) is 131 cm³/mol. The summed E-state index contributed by atoms with van der Waals surface area (Å²) in [4.78, 5) is 29.2. The number of carbonyl (C=O) groups excluding carboxylic acids is 2. The second kappa shape index (κ2) is 10.7. The zero-order valence-electron chi connectivity index (χ0n) is 20.0. The summed E-state index contributed by atoms with van der Waals surface area (Å²) in [6.45, 7) is 6.70. The van der Waals surface area contributed by atoms with Crippen LogP contribution in [0, 0.1) is 0 Å². The molecule has 34 heavy (non-hydrogen) atoms. The second-order valence-corrected chi connectivity index (χ2v) is 9.77. The molecule has 2 aliphatic heterocycles. The number of likely N-dealkylation sites (tertiary alicyclic amines) is 2. The van der Waals surface area contributed by atoms with E-state index in [-0.39, 0.29) is 24.9 Å². The maximum absolute atomic E-state index is 13.2. The van der Waals surface area contributed by atoms with Crippen LogP contribution < -0.4 is 5.32 Å². The van der Waals surface area contributed by atoms with Crippen LogP contribution in [0.5, 0.6) is 0 Å². The Kier molecular flexibility index (Phi) is 7.66. The minimum atomic E-state index is -0.928. The predicted octanol–water partition coefficient (Wildman–Crippen LogP) is 2.38. The van der Waals surface area contributed by atoms with Gasteiger partial charge in [-0.15, -0.1) is 0 Å². The molecule has 2 aromatic carbocycles. The number of hydrogen-bond acceptors (Lipinski definition) is 5.